The van der Waals surface area contributed by atoms with Gasteiger partial charge in [-0.2, -0.15) is 9.78 Å². The number of ether oxygens (including phenoxy) is 1. The number of thioether (sulfide) groups is 1. The highest BCUT2D eigenvalue weighted by molar-refractivity contribution is 9.10. The second kappa shape index (κ2) is 4.74. The molecular weight excluding hydrogens is 316 g/mol. The Balaban J connectivity index is 1.99. The molecule has 92 valence electrons. The fraction of sp³-hybridized carbons (Fsp3) is 0.182. The fourth-order valence-electron chi connectivity index (χ4n) is 1.66. The molecule has 1 aromatic carbocycles. The Kier molecular flexibility index (Phi) is 3.09. The van der Waals surface area contributed by atoms with Crippen LogP contribution in [0.2, 0.25) is 0 Å². The SMILES string of the molecule is COc1ccc(C2=Nn3cnnc3SC2)cc1Br. The highest BCUT2D eigenvalue weighted by atomic mass is 79.9. The highest BCUT2D eigenvalue weighted by Gasteiger charge is 2.16. The topological polar surface area (TPSA) is 52.3 Å². The molecule has 0 N–H and O–H groups in total. The van der Waals surface area contributed by atoms with E-state index in [2.05, 4.69) is 31.2 Å². The average Bonchev–Trinajstić information content (AvgIpc) is 2.85. The summed E-state index contributed by atoms with van der Waals surface area (Å²) in [5.74, 6) is 1.60. The quantitative estimate of drug-likeness (QED) is 0.851. The van der Waals surface area contributed by atoms with Gasteiger partial charge in [-0.1, -0.05) is 11.8 Å². The number of methoxy groups -OCH3 is 1. The lowest BCUT2D eigenvalue weighted by Crippen LogP contribution is -2.12. The molecule has 0 saturated heterocycles. The van der Waals surface area contributed by atoms with E-state index < -0.39 is 0 Å². The molecule has 0 amide bonds. The van der Waals surface area contributed by atoms with Crippen LogP contribution in [-0.2, 0) is 0 Å². The van der Waals surface area contributed by atoms with Gasteiger partial charge in [0.25, 0.3) is 0 Å². The largest absolute Gasteiger partial charge is 0.496 e. The maximum atomic E-state index is 5.21. The Labute approximate surface area is 116 Å². The van der Waals surface area contributed by atoms with Crippen molar-refractivity contribution >= 4 is 33.4 Å². The summed E-state index contributed by atoms with van der Waals surface area (Å²) in [6.07, 6.45) is 1.61. The van der Waals surface area contributed by atoms with E-state index in [1.165, 1.54) is 0 Å². The molecule has 0 unspecified atom stereocenters. The summed E-state index contributed by atoms with van der Waals surface area (Å²) >= 11 is 5.11. The Morgan fingerprint density at radius 3 is 3.11 bits per heavy atom. The smallest absolute Gasteiger partial charge is 0.212 e. The second-order valence-electron chi connectivity index (χ2n) is 3.64. The van der Waals surface area contributed by atoms with Crippen molar-refractivity contribution in [1.82, 2.24) is 14.9 Å². The number of fused-ring (bicyclic) bond motifs is 1. The molecule has 0 fully saturated rings. The standard InChI is InChI=1S/C11H9BrN4OS/c1-17-10-3-2-7(4-8(10)12)9-5-18-11-14-13-6-16(11)15-9/h2-4,6H,5H2,1H3. The first-order chi connectivity index (χ1) is 8.78. The van der Waals surface area contributed by atoms with E-state index in [1.807, 2.05) is 18.2 Å². The molecule has 0 atom stereocenters. The van der Waals surface area contributed by atoms with E-state index in [9.17, 15) is 0 Å². The number of hydrogen-bond acceptors (Lipinski definition) is 5. The Bertz CT molecular complexity index is 625. The monoisotopic (exact) mass is 324 g/mol. The minimum absolute atomic E-state index is 0.789. The molecule has 1 aliphatic rings. The molecular formula is C11H9BrN4OS. The molecule has 0 bridgehead atoms. The first-order valence-corrected chi connectivity index (χ1v) is 7.00. The van der Waals surface area contributed by atoms with Gasteiger partial charge < -0.3 is 4.74 Å². The Morgan fingerprint density at radius 2 is 2.33 bits per heavy atom. The van der Waals surface area contributed by atoms with Crippen LogP contribution in [-0.4, -0.2) is 33.4 Å². The van der Waals surface area contributed by atoms with E-state index >= 15 is 0 Å². The predicted octanol–water partition coefficient (Wildman–Crippen LogP) is 2.41. The van der Waals surface area contributed by atoms with Crippen molar-refractivity contribution in [2.24, 2.45) is 5.10 Å². The third-order valence-corrected chi connectivity index (χ3v) is 4.12. The van der Waals surface area contributed by atoms with Crippen LogP contribution < -0.4 is 4.74 Å². The van der Waals surface area contributed by atoms with E-state index in [-0.39, 0.29) is 0 Å². The van der Waals surface area contributed by atoms with Crippen LogP contribution in [0.1, 0.15) is 5.56 Å². The van der Waals surface area contributed by atoms with Gasteiger partial charge in [-0.15, -0.1) is 10.2 Å². The minimum atomic E-state index is 0.789. The van der Waals surface area contributed by atoms with Gasteiger partial charge in [-0.25, -0.2) is 0 Å². The molecule has 2 aromatic rings. The average molecular weight is 325 g/mol. The normalized spacial score (nSPS) is 14.0. The minimum Gasteiger partial charge on any atom is -0.496 e. The van der Waals surface area contributed by atoms with E-state index in [4.69, 9.17) is 4.74 Å². The van der Waals surface area contributed by atoms with Crippen LogP contribution in [0.5, 0.6) is 5.75 Å². The zero-order valence-corrected chi connectivity index (χ0v) is 11.9. The van der Waals surface area contributed by atoms with Gasteiger partial charge in [0.15, 0.2) is 0 Å². The van der Waals surface area contributed by atoms with Gasteiger partial charge >= 0.3 is 0 Å². The maximum Gasteiger partial charge on any atom is 0.212 e. The fourth-order valence-corrected chi connectivity index (χ4v) is 3.02. The van der Waals surface area contributed by atoms with Crippen molar-refractivity contribution in [3.05, 3.63) is 34.6 Å². The summed E-state index contributed by atoms with van der Waals surface area (Å²) in [6.45, 7) is 0. The molecule has 0 spiro atoms. The number of benzene rings is 1. The van der Waals surface area contributed by atoms with Crippen LogP contribution in [0.3, 0.4) is 0 Å². The lowest BCUT2D eigenvalue weighted by molar-refractivity contribution is 0.412. The lowest BCUT2D eigenvalue weighted by Gasteiger charge is -2.13. The summed E-state index contributed by atoms with van der Waals surface area (Å²) in [7, 11) is 1.65. The number of nitrogens with zero attached hydrogens (tertiary/aromatic N) is 4. The van der Waals surface area contributed by atoms with Gasteiger partial charge in [0.05, 0.1) is 17.3 Å². The summed E-state index contributed by atoms with van der Waals surface area (Å²) in [6, 6.07) is 5.93. The van der Waals surface area contributed by atoms with Crippen molar-refractivity contribution in [2.75, 3.05) is 12.9 Å². The summed E-state index contributed by atoms with van der Waals surface area (Å²) < 4.78 is 7.83. The molecule has 0 radical (unpaired) electrons. The van der Waals surface area contributed by atoms with Crippen LogP contribution in [0.4, 0.5) is 0 Å². The summed E-state index contributed by atoms with van der Waals surface area (Å²) in [5, 5.41) is 13.1. The third kappa shape index (κ3) is 2.04. The van der Waals surface area contributed by atoms with Crippen molar-refractivity contribution in [3.8, 4) is 5.75 Å². The first kappa shape index (κ1) is 11.7. The summed E-state index contributed by atoms with van der Waals surface area (Å²) in [5.41, 5.74) is 2.06. The Hall–Kier alpha value is -1.34. The zero-order chi connectivity index (χ0) is 12.5. The molecule has 2 heterocycles. The van der Waals surface area contributed by atoms with Gasteiger partial charge in [0.1, 0.15) is 12.1 Å². The van der Waals surface area contributed by atoms with Crippen molar-refractivity contribution < 1.29 is 4.74 Å². The molecule has 0 saturated carbocycles. The second-order valence-corrected chi connectivity index (χ2v) is 5.44. The number of hydrogen-bond donors (Lipinski definition) is 0. The zero-order valence-electron chi connectivity index (χ0n) is 9.50. The molecule has 1 aromatic heterocycles. The molecule has 0 aliphatic carbocycles. The third-order valence-electron chi connectivity index (χ3n) is 2.55. The molecule has 5 nitrogen and oxygen atoms in total. The van der Waals surface area contributed by atoms with Gasteiger partial charge in [0.2, 0.25) is 5.16 Å². The van der Waals surface area contributed by atoms with E-state index in [0.717, 1.165) is 32.4 Å². The van der Waals surface area contributed by atoms with Crippen LogP contribution in [0.15, 0.2) is 39.3 Å². The number of halogens is 1. The van der Waals surface area contributed by atoms with Gasteiger partial charge in [0, 0.05) is 11.3 Å². The van der Waals surface area contributed by atoms with E-state index in [1.54, 1.807) is 29.9 Å². The van der Waals surface area contributed by atoms with Gasteiger partial charge in [-0.05, 0) is 34.1 Å². The van der Waals surface area contributed by atoms with Crippen LogP contribution in [0.25, 0.3) is 0 Å². The van der Waals surface area contributed by atoms with Crippen LogP contribution in [0, 0.1) is 0 Å². The number of rotatable bonds is 2. The Morgan fingerprint density at radius 1 is 1.44 bits per heavy atom. The maximum absolute atomic E-state index is 5.21. The van der Waals surface area contributed by atoms with Crippen molar-refractivity contribution in [3.63, 3.8) is 0 Å². The molecule has 18 heavy (non-hydrogen) atoms. The lowest BCUT2D eigenvalue weighted by atomic mass is 10.1. The molecule has 7 heteroatoms. The highest BCUT2D eigenvalue weighted by Crippen LogP contribution is 2.28. The molecule has 1 aliphatic heterocycles. The van der Waals surface area contributed by atoms with Crippen molar-refractivity contribution in [2.45, 2.75) is 5.16 Å². The predicted molar refractivity (Wildman–Crippen MR) is 73.4 cm³/mol. The summed E-state index contributed by atoms with van der Waals surface area (Å²) in [4.78, 5) is 0. The van der Waals surface area contributed by atoms with Crippen molar-refractivity contribution in [1.29, 1.82) is 0 Å². The van der Waals surface area contributed by atoms with Crippen LogP contribution >= 0.6 is 27.7 Å². The van der Waals surface area contributed by atoms with E-state index in [0.29, 0.717) is 0 Å². The van der Waals surface area contributed by atoms with Gasteiger partial charge in [-0.3, -0.25) is 0 Å². The molecule has 3 rings (SSSR count). The number of aromatic nitrogens is 3. The first-order valence-electron chi connectivity index (χ1n) is 5.22.